The monoisotopic (exact) mass is 277 g/mol. The third-order valence-corrected chi connectivity index (χ3v) is 3.33. The van der Waals surface area contributed by atoms with Gasteiger partial charge in [0.25, 0.3) is 5.91 Å². The number of ether oxygens (including phenoxy) is 2. The Labute approximate surface area is 118 Å². The molecule has 0 bridgehead atoms. The normalized spacial score (nSPS) is 23.4. The van der Waals surface area contributed by atoms with Gasteiger partial charge < -0.3 is 14.8 Å². The Kier molecular flexibility index (Phi) is 3.83. The number of amides is 1. The summed E-state index contributed by atoms with van der Waals surface area (Å²) in [4.78, 5) is 16.4. The van der Waals surface area contributed by atoms with Crippen molar-refractivity contribution in [2.24, 2.45) is 4.99 Å². The number of carbonyl (C=O) groups is 1. The summed E-state index contributed by atoms with van der Waals surface area (Å²) in [7, 11) is 3.14. The van der Waals surface area contributed by atoms with Crippen molar-refractivity contribution in [2.45, 2.75) is 19.4 Å². The Morgan fingerprint density at radius 2 is 1.95 bits per heavy atom. The number of nitrogens with one attached hydrogen (secondary N) is 2. The molecule has 1 fully saturated rings. The summed E-state index contributed by atoms with van der Waals surface area (Å²) in [6.07, 6.45) is 0. The topological polar surface area (TPSA) is 72.0 Å². The van der Waals surface area contributed by atoms with E-state index in [1.807, 2.05) is 19.9 Å². The van der Waals surface area contributed by atoms with Crippen molar-refractivity contribution in [3.05, 3.63) is 23.8 Å². The first-order valence-corrected chi connectivity index (χ1v) is 6.41. The van der Waals surface area contributed by atoms with E-state index in [0.29, 0.717) is 24.0 Å². The van der Waals surface area contributed by atoms with Crippen LogP contribution < -0.4 is 20.1 Å². The van der Waals surface area contributed by atoms with E-state index in [4.69, 9.17) is 9.47 Å². The van der Waals surface area contributed by atoms with Crippen LogP contribution in [-0.4, -0.2) is 32.6 Å². The molecule has 2 N–H and O–H groups in total. The minimum Gasteiger partial charge on any atom is -0.493 e. The van der Waals surface area contributed by atoms with Gasteiger partial charge in [-0.25, -0.2) is 0 Å². The van der Waals surface area contributed by atoms with Crippen molar-refractivity contribution in [1.29, 1.82) is 0 Å². The van der Waals surface area contributed by atoms with Gasteiger partial charge in [0.1, 0.15) is 5.54 Å². The molecule has 1 aromatic carbocycles. The molecule has 1 unspecified atom stereocenters. The van der Waals surface area contributed by atoms with Crippen molar-refractivity contribution in [3.8, 4) is 11.5 Å². The van der Waals surface area contributed by atoms with Crippen LogP contribution >= 0.6 is 0 Å². The average molecular weight is 277 g/mol. The lowest BCUT2D eigenvalue weighted by atomic mass is 9.92. The van der Waals surface area contributed by atoms with Crippen LogP contribution in [0.3, 0.4) is 0 Å². The second-order valence-electron chi connectivity index (χ2n) is 4.60. The smallest absolute Gasteiger partial charge is 0.256 e. The molecule has 0 saturated carbocycles. The molecule has 108 valence electrons. The van der Waals surface area contributed by atoms with Gasteiger partial charge in [-0.3, -0.25) is 15.1 Å². The number of hydrogen-bond acceptors (Lipinski definition) is 4. The van der Waals surface area contributed by atoms with Gasteiger partial charge in [-0.1, -0.05) is 6.07 Å². The lowest BCUT2D eigenvalue weighted by Crippen LogP contribution is -2.40. The SMILES string of the molecule is CCN=C1NC(=O)C(C)(c2ccc(OC)c(OC)c2)N1. The van der Waals surface area contributed by atoms with Gasteiger partial charge in [-0.2, -0.15) is 0 Å². The van der Waals surface area contributed by atoms with E-state index in [1.165, 1.54) is 0 Å². The maximum atomic E-state index is 12.2. The van der Waals surface area contributed by atoms with Crippen LogP contribution in [0.5, 0.6) is 11.5 Å². The number of rotatable bonds is 4. The zero-order chi connectivity index (χ0) is 14.8. The quantitative estimate of drug-likeness (QED) is 0.861. The highest BCUT2D eigenvalue weighted by Gasteiger charge is 2.42. The molecular weight excluding hydrogens is 258 g/mol. The van der Waals surface area contributed by atoms with E-state index in [0.717, 1.165) is 5.56 Å². The van der Waals surface area contributed by atoms with Crippen molar-refractivity contribution in [3.63, 3.8) is 0 Å². The number of carbonyl (C=O) groups excluding carboxylic acids is 1. The molecule has 1 amide bonds. The number of aliphatic imine (C=N–C) groups is 1. The Balaban J connectivity index is 2.40. The van der Waals surface area contributed by atoms with Gasteiger partial charge in [0.2, 0.25) is 0 Å². The second kappa shape index (κ2) is 5.40. The summed E-state index contributed by atoms with van der Waals surface area (Å²) in [5, 5.41) is 5.85. The number of nitrogens with zero attached hydrogens (tertiary/aromatic N) is 1. The van der Waals surface area contributed by atoms with E-state index in [1.54, 1.807) is 26.4 Å². The molecule has 0 aromatic heterocycles. The lowest BCUT2D eigenvalue weighted by Gasteiger charge is -2.22. The zero-order valence-corrected chi connectivity index (χ0v) is 12.1. The average Bonchev–Trinajstić information content (AvgIpc) is 2.74. The van der Waals surface area contributed by atoms with Crippen molar-refractivity contribution < 1.29 is 14.3 Å². The van der Waals surface area contributed by atoms with E-state index < -0.39 is 5.54 Å². The highest BCUT2D eigenvalue weighted by molar-refractivity contribution is 6.09. The molecule has 2 rings (SSSR count). The molecule has 6 nitrogen and oxygen atoms in total. The summed E-state index contributed by atoms with van der Waals surface area (Å²) >= 11 is 0. The molecule has 1 aromatic rings. The van der Waals surface area contributed by atoms with Crippen LogP contribution in [-0.2, 0) is 10.3 Å². The van der Waals surface area contributed by atoms with Gasteiger partial charge in [-0.15, -0.1) is 0 Å². The summed E-state index contributed by atoms with van der Waals surface area (Å²) in [6, 6.07) is 5.41. The van der Waals surface area contributed by atoms with Crippen LogP contribution in [0.4, 0.5) is 0 Å². The fourth-order valence-corrected chi connectivity index (χ4v) is 2.15. The maximum absolute atomic E-state index is 12.2. The molecule has 0 aliphatic carbocycles. The van der Waals surface area contributed by atoms with Gasteiger partial charge in [0.15, 0.2) is 17.5 Å². The fourth-order valence-electron chi connectivity index (χ4n) is 2.15. The number of methoxy groups -OCH3 is 2. The molecular formula is C14H19N3O3. The molecule has 6 heteroatoms. The summed E-state index contributed by atoms with van der Waals surface area (Å²) < 4.78 is 10.5. The Bertz CT molecular complexity index is 557. The van der Waals surface area contributed by atoms with Gasteiger partial charge in [0, 0.05) is 6.54 Å². The molecule has 0 spiro atoms. The Morgan fingerprint density at radius 1 is 1.25 bits per heavy atom. The Morgan fingerprint density at radius 3 is 2.55 bits per heavy atom. The maximum Gasteiger partial charge on any atom is 0.256 e. The van der Waals surface area contributed by atoms with Gasteiger partial charge in [0.05, 0.1) is 14.2 Å². The van der Waals surface area contributed by atoms with Crippen LogP contribution in [0.25, 0.3) is 0 Å². The van der Waals surface area contributed by atoms with Crippen LogP contribution in [0.1, 0.15) is 19.4 Å². The molecule has 1 atom stereocenters. The third kappa shape index (κ3) is 2.29. The lowest BCUT2D eigenvalue weighted by molar-refractivity contribution is -0.123. The number of hydrogen-bond donors (Lipinski definition) is 2. The Hall–Kier alpha value is -2.24. The largest absolute Gasteiger partial charge is 0.493 e. The van der Waals surface area contributed by atoms with Crippen molar-refractivity contribution >= 4 is 11.9 Å². The first-order valence-electron chi connectivity index (χ1n) is 6.41. The van der Waals surface area contributed by atoms with Crippen LogP contribution in [0.2, 0.25) is 0 Å². The molecule has 1 aliphatic heterocycles. The highest BCUT2D eigenvalue weighted by Crippen LogP contribution is 2.33. The predicted octanol–water partition coefficient (Wildman–Crippen LogP) is 1.01. The number of guanidine groups is 1. The first kappa shape index (κ1) is 14.2. The van der Waals surface area contributed by atoms with Crippen LogP contribution in [0.15, 0.2) is 23.2 Å². The van der Waals surface area contributed by atoms with Gasteiger partial charge >= 0.3 is 0 Å². The second-order valence-corrected chi connectivity index (χ2v) is 4.60. The van der Waals surface area contributed by atoms with E-state index in [-0.39, 0.29) is 5.91 Å². The highest BCUT2D eigenvalue weighted by atomic mass is 16.5. The van der Waals surface area contributed by atoms with E-state index >= 15 is 0 Å². The fraction of sp³-hybridized carbons (Fsp3) is 0.429. The summed E-state index contributed by atoms with van der Waals surface area (Å²) in [5.74, 6) is 1.56. The number of benzene rings is 1. The minimum absolute atomic E-state index is 0.142. The van der Waals surface area contributed by atoms with E-state index in [2.05, 4.69) is 15.6 Å². The summed E-state index contributed by atoms with van der Waals surface area (Å²) in [6.45, 7) is 4.32. The molecule has 1 aliphatic rings. The van der Waals surface area contributed by atoms with Crippen molar-refractivity contribution in [2.75, 3.05) is 20.8 Å². The molecule has 1 heterocycles. The molecule has 1 saturated heterocycles. The molecule has 20 heavy (non-hydrogen) atoms. The predicted molar refractivity (Wildman–Crippen MR) is 76.2 cm³/mol. The molecule has 0 radical (unpaired) electrons. The third-order valence-electron chi connectivity index (χ3n) is 3.33. The minimum atomic E-state index is -0.868. The van der Waals surface area contributed by atoms with Crippen LogP contribution in [0, 0.1) is 0 Å². The van der Waals surface area contributed by atoms with Gasteiger partial charge in [-0.05, 0) is 31.5 Å². The zero-order valence-electron chi connectivity index (χ0n) is 12.1. The van der Waals surface area contributed by atoms with E-state index in [9.17, 15) is 4.79 Å². The summed E-state index contributed by atoms with van der Waals surface area (Å²) in [5.41, 5.74) is -0.0814. The first-order chi connectivity index (χ1) is 9.55. The standard InChI is InChI=1S/C14H19N3O3/c1-5-15-13-16-12(18)14(2,17-13)9-6-7-10(19-3)11(8-9)20-4/h6-8H,5H2,1-4H3,(H2,15,16,17,18). The van der Waals surface area contributed by atoms with Crippen molar-refractivity contribution in [1.82, 2.24) is 10.6 Å².